The molecule has 0 spiro atoms. The maximum Gasteiger partial charge on any atom is 0.407 e. The van der Waals surface area contributed by atoms with E-state index in [0.29, 0.717) is 12.0 Å². The Morgan fingerprint density at radius 2 is 1.74 bits per heavy atom. The summed E-state index contributed by atoms with van der Waals surface area (Å²) in [4.78, 5) is 68.1. The van der Waals surface area contributed by atoms with E-state index in [1.54, 1.807) is 27.7 Å². The second-order valence-corrected chi connectivity index (χ2v) is 14.4. The van der Waals surface area contributed by atoms with Gasteiger partial charge in [0, 0.05) is 41.5 Å². The minimum absolute atomic E-state index is 0.0167. The maximum absolute atomic E-state index is 13.7. The maximum atomic E-state index is 13.7. The molecule has 0 radical (unpaired) electrons. The predicted octanol–water partition coefficient (Wildman–Crippen LogP) is 1.91. The van der Waals surface area contributed by atoms with Crippen LogP contribution in [-0.4, -0.2) is 77.5 Å². The molecule has 2 aliphatic rings. The highest BCUT2D eigenvalue weighted by Crippen LogP contribution is 2.47. The summed E-state index contributed by atoms with van der Waals surface area (Å²) in [5, 5.41) is 22.1. The summed E-state index contributed by atoms with van der Waals surface area (Å²) in [6, 6.07) is 3.84. The first-order chi connectivity index (χ1) is 21.4. The molecular formula is C27H35N5O13S. The van der Waals surface area contributed by atoms with Gasteiger partial charge in [0.2, 0.25) is 10.0 Å². The van der Waals surface area contributed by atoms with E-state index >= 15 is 0 Å². The van der Waals surface area contributed by atoms with Gasteiger partial charge in [-0.25, -0.2) is 13.2 Å². The van der Waals surface area contributed by atoms with Crippen LogP contribution in [0.3, 0.4) is 0 Å². The van der Waals surface area contributed by atoms with Gasteiger partial charge in [-0.1, -0.05) is 6.07 Å². The van der Waals surface area contributed by atoms with Crippen LogP contribution in [0.4, 0.5) is 4.79 Å². The molecule has 4 rings (SSSR count). The average molecular weight is 670 g/mol. The number of carbonyl (C=O) groups is 2. The number of nitrogens with zero attached hydrogens (tertiary/aromatic N) is 4. The summed E-state index contributed by atoms with van der Waals surface area (Å²) in [6.07, 6.45) is 1.02. The van der Waals surface area contributed by atoms with E-state index in [0.717, 1.165) is 4.57 Å². The number of fused-ring (bicyclic) bond motifs is 1. The molecule has 1 N–H and O–H groups in total. The van der Waals surface area contributed by atoms with Crippen LogP contribution in [0.1, 0.15) is 45.6 Å². The van der Waals surface area contributed by atoms with Crippen LogP contribution in [-0.2, 0) is 40.7 Å². The van der Waals surface area contributed by atoms with E-state index < -0.39 is 80.7 Å². The number of nitrogens with one attached hydrogen (secondary N) is 1. The van der Waals surface area contributed by atoms with Crippen molar-refractivity contribution in [2.24, 2.45) is 11.3 Å². The van der Waals surface area contributed by atoms with E-state index in [1.807, 2.05) is 0 Å². The number of rotatable bonds is 12. The lowest BCUT2D eigenvalue weighted by Crippen LogP contribution is -2.48. The second kappa shape index (κ2) is 13.1. The normalized spacial score (nSPS) is 18.4. The zero-order valence-corrected chi connectivity index (χ0v) is 26.4. The number of hydrogen-bond donors (Lipinski definition) is 1. The molecule has 2 fully saturated rings. The number of esters is 1. The molecule has 1 aliphatic heterocycles. The van der Waals surface area contributed by atoms with E-state index in [4.69, 9.17) is 9.47 Å². The van der Waals surface area contributed by atoms with Gasteiger partial charge >= 0.3 is 12.1 Å². The first-order valence-corrected chi connectivity index (χ1v) is 15.7. The molecule has 252 valence electrons. The smallest absolute Gasteiger partial charge is 0.407 e. The van der Waals surface area contributed by atoms with Crippen molar-refractivity contribution in [1.82, 2.24) is 14.2 Å². The molecule has 1 saturated carbocycles. The fourth-order valence-electron chi connectivity index (χ4n) is 5.68. The molecule has 1 atom stereocenters. The summed E-state index contributed by atoms with van der Waals surface area (Å²) in [7, 11) is -4.08. The number of alkyl carbamates (subject to hydrolysis) is 1. The van der Waals surface area contributed by atoms with E-state index in [-0.39, 0.29) is 41.6 Å². The summed E-state index contributed by atoms with van der Waals surface area (Å²) in [6.45, 7) is 5.41. The zero-order valence-electron chi connectivity index (χ0n) is 25.6. The van der Waals surface area contributed by atoms with Crippen molar-refractivity contribution in [3.05, 3.63) is 60.5 Å². The number of pyridine rings is 1. The van der Waals surface area contributed by atoms with Gasteiger partial charge < -0.3 is 24.5 Å². The lowest BCUT2D eigenvalue weighted by atomic mass is 9.63. The number of aromatic nitrogens is 1. The molecule has 0 unspecified atom stereocenters. The Morgan fingerprint density at radius 1 is 1.11 bits per heavy atom. The third-order valence-electron chi connectivity index (χ3n) is 7.74. The van der Waals surface area contributed by atoms with Crippen LogP contribution in [0.25, 0.3) is 10.8 Å². The molecule has 19 heteroatoms. The highest BCUT2D eigenvalue weighted by molar-refractivity contribution is 7.89. The van der Waals surface area contributed by atoms with Crippen LogP contribution < -0.4 is 10.9 Å². The number of ether oxygens (including phenoxy) is 2. The SMILES string of the molecule is Cc1cn(COC(=O)C2CC(CO[N+](=O)[O-])(CO[N+](=O)[O-])C2)c(=O)c2cccc(S(=O)(=O)N3CC[C@H](NC(=O)OC(C)(C)C)C3)c12. The summed E-state index contributed by atoms with van der Waals surface area (Å²) < 4.78 is 40.4. The fourth-order valence-corrected chi connectivity index (χ4v) is 7.46. The molecule has 0 bridgehead atoms. The van der Waals surface area contributed by atoms with Gasteiger partial charge in [-0.2, -0.15) is 4.31 Å². The highest BCUT2D eigenvalue weighted by Gasteiger charge is 2.50. The van der Waals surface area contributed by atoms with Crippen molar-refractivity contribution in [2.75, 3.05) is 26.3 Å². The van der Waals surface area contributed by atoms with Crippen LogP contribution in [0.5, 0.6) is 0 Å². The van der Waals surface area contributed by atoms with Crippen LogP contribution in [0, 0.1) is 38.5 Å². The standard InChI is InChI=1S/C27H35N5O13S/c1-17-12-29(16-42-24(34)18-10-27(11-18,14-43-31(36)37)15-44-32(38)39)23(33)20-6-5-7-21(22(17)20)46(40,41)30-9-8-19(13-30)28-25(35)45-26(2,3)4/h5-7,12,18-19H,8-11,13-16H2,1-4H3,(H,28,35)/t19-/m0/s1. The van der Waals surface area contributed by atoms with Gasteiger partial charge in [-0.05, 0) is 64.7 Å². The minimum Gasteiger partial charge on any atom is -0.444 e. The lowest BCUT2D eigenvalue weighted by Gasteiger charge is -2.44. The third-order valence-corrected chi connectivity index (χ3v) is 9.65. The van der Waals surface area contributed by atoms with Crippen LogP contribution >= 0.6 is 0 Å². The van der Waals surface area contributed by atoms with Crippen LogP contribution in [0.15, 0.2) is 34.1 Å². The number of amides is 1. The zero-order chi connectivity index (χ0) is 34.0. The molecule has 46 heavy (non-hydrogen) atoms. The Labute approximate surface area is 262 Å². The van der Waals surface area contributed by atoms with Crippen molar-refractivity contribution >= 4 is 32.9 Å². The average Bonchev–Trinajstić information content (AvgIpc) is 3.40. The third kappa shape index (κ3) is 7.82. The molecule has 1 aromatic carbocycles. The van der Waals surface area contributed by atoms with Crippen molar-refractivity contribution in [2.45, 2.75) is 70.2 Å². The molecule has 18 nitrogen and oxygen atoms in total. The van der Waals surface area contributed by atoms with E-state index in [9.17, 15) is 43.0 Å². The summed E-state index contributed by atoms with van der Waals surface area (Å²) in [5.41, 5.74) is -2.04. The monoisotopic (exact) mass is 669 g/mol. The molecule has 1 aromatic heterocycles. The second-order valence-electron chi connectivity index (χ2n) is 12.5. The van der Waals surface area contributed by atoms with Gasteiger partial charge in [-0.15, -0.1) is 20.2 Å². The Morgan fingerprint density at radius 3 is 2.33 bits per heavy atom. The van der Waals surface area contributed by atoms with Gasteiger partial charge in [0.15, 0.2) is 6.73 Å². The number of benzene rings is 1. The predicted molar refractivity (Wildman–Crippen MR) is 157 cm³/mol. The van der Waals surface area contributed by atoms with Gasteiger partial charge in [0.1, 0.15) is 18.8 Å². The number of aryl methyl sites for hydroxylation is 1. The Hall–Kier alpha value is -4.52. The van der Waals surface area contributed by atoms with Gasteiger partial charge in [0.05, 0.1) is 10.8 Å². The summed E-state index contributed by atoms with van der Waals surface area (Å²) >= 11 is 0. The van der Waals surface area contributed by atoms with Crippen molar-refractivity contribution in [1.29, 1.82) is 0 Å². The number of carbonyl (C=O) groups excluding carboxylic acids is 2. The van der Waals surface area contributed by atoms with Crippen molar-refractivity contribution < 1.29 is 47.3 Å². The largest absolute Gasteiger partial charge is 0.444 e. The fraction of sp³-hybridized carbons (Fsp3) is 0.593. The van der Waals surface area contributed by atoms with Crippen molar-refractivity contribution in [3.63, 3.8) is 0 Å². The lowest BCUT2D eigenvalue weighted by molar-refractivity contribution is -0.773. The van der Waals surface area contributed by atoms with E-state index in [2.05, 4.69) is 15.0 Å². The van der Waals surface area contributed by atoms with E-state index in [1.165, 1.54) is 28.7 Å². The number of hydrogen-bond acceptors (Lipinski definition) is 13. The molecular weight excluding hydrogens is 634 g/mol. The quantitative estimate of drug-likeness (QED) is 0.194. The molecule has 2 heterocycles. The van der Waals surface area contributed by atoms with Gasteiger partial charge in [0.25, 0.3) is 15.7 Å². The Balaban J connectivity index is 1.46. The molecule has 2 aromatic rings. The number of sulfonamides is 1. The van der Waals surface area contributed by atoms with Crippen LogP contribution in [0.2, 0.25) is 0 Å². The van der Waals surface area contributed by atoms with Gasteiger partial charge in [-0.3, -0.25) is 14.2 Å². The minimum atomic E-state index is -4.08. The molecule has 1 aliphatic carbocycles. The Bertz CT molecular complexity index is 1680. The molecule has 1 saturated heterocycles. The topological polar surface area (TPSA) is 229 Å². The Kier molecular flexibility index (Phi) is 9.76. The molecule has 1 amide bonds. The summed E-state index contributed by atoms with van der Waals surface area (Å²) in [5.74, 6) is -1.50. The first-order valence-electron chi connectivity index (χ1n) is 14.2. The highest BCUT2D eigenvalue weighted by atomic mass is 32.2. The first kappa shape index (κ1) is 34.4. The van der Waals surface area contributed by atoms with Crippen molar-refractivity contribution in [3.8, 4) is 0 Å².